The minimum absolute atomic E-state index is 0.0749. The smallest absolute Gasteiger partial charge is 0.0976 e. The number of hydrogen-bond donors (Lipinski definition) is 2. The van der Waals surface area contributed by atoms with E-state index in [1.807, 2.05) is 6.92 Å². The summed E-state index contributed by atoms with van der Waals surface area (Å²) in [6, 6.07) is 0. The molecule has 9 heavy (non-hydrogen) atoms. The normalized spacial score (nSPS) is 35.1. The highest BCUT2D eigenvalue weighted by molar-refractivity contribution is 6.30. The second-order valence-electron chi connectivity index (χ2n) is 2.44. The molecular weight excluding hydrogens is 114 g/mol. The van der Waals surface area contributed by atoms with Gasteiger partial charge in [0.05, 0.1) is 11.9 Å². The van der Waals surface area contributed by atoms with E-state index in [0.717, 1.165) is 6.42 Å². The van der Waals surface area contributed by atoms with Gasteiger partial charge in [-0.2, -0.15) is 0 Å². The predicted molar refractivity (Wildman–Crippen MR) is 38.0 cm³/mol. The fraction of sp³-hybridized carbons (Fsp3) is 0.667. The van der Waals surface area contributed by atoms with Crippen molar-refractivity contribution in [2.75, 3.05) is 0 Å². The van der Waals surface area contributed by atoms with Gasteiger partial charge in [0.15, 0.2) is 0 Å². The largest absolute Gasteiger partial charge is 0.310 e. The van der Waals surface area contributed by atoms with Gasteiger partial charge in [-0.1, -0.05) is 6.92 Å². The van der Waals surface area contributed by atoms with Crippen molar-refractivity contribution >= 4 is 11.9 Å². The Morgan fingerprint density at radius 1 is 1.89 bits per heavy atom. The van der Waals surface area contributed by atoms with E-state index >= 15 is 0 Å². The lowest BCUT2D eigenvalue weighted by molar-refractivity contribution is 0.560. The fourth-order valence-electron chi connectivity index (χ4n) is 0.853. The van der Waals surface area contributed by atoms with Crippen LogP contribution in [-0.4, -0.2) is 18.1 Å². The zero-order valence-corrected chi connectivity index (χ0v) is 5.46. The lowest BCUT2D eigenvalue weighted by Crippen LogP contribution is -2.29. The Balaban J connectivity index is 2.65. The molecule has 0 saturated heterocycles. The highest BCUT2D eigenvalue weighted by atomic mass is 14.9. The van der Waals surface area contributed by atoms with Crippen LogP contribution in [0.5, 0.6) is 0 Å². The van der Waals surface area contributed by atoms with E-state index in [0.29, 0.717) is 5.71 Å². The van der Waals surface area contributed by atoms with Crippen LogP contribution in [0.2, 0.25) is 0 Å². The Labute approximate surface area is 54.5 Å². The van der Waals surface area contributed by atoms with Crippen molar-refractivity contribution in [3.05, 3.63) is 0 Å². The molecule has 2 atom stereocenters. The Hall–Kier alpha value is -0.700. The molecule has 1 aliphatic rings. The van der Waals surface area contributed by atoms with Crippen LogP contribution in [0, 0.1) is 11.3 Å². The molecule has 0 aliphatic carbocycles. The van der Waals surface area contributed by atoms with E-state index in [9.17, 15) is 0 Å². The van der Waals surface area contributed by atoms with E-state index in [1.165, 1.54) is 0 Å². The van der Waals surface area contributed by atoms with Crippen LogP contribution in [0.15, 0.2) is 4.99 Å². The third-order valence-corrected chi connectivity index (χ3v) is 1.53. The van der Waals surface area contributed by atoms with Gasteiger partial charge in [0.25, 0.3) is 0 Å². The van der Waals surface area contributed by atoms with Crippen molar-refractivity contribution in [3.8, 4) is 0 Å². The van der Waals surface area contributed by atoms with Gasteiger partial charge in [0, 0.05) is 12.1 Å². The molecule has 0 bridgehead atoms. The van der Waals surface area contributed by atoms with Crippen LogP contribution in [0.4, 0.5) is 0 Å². The lowest BCUT2D eigenvalue weighted by atomic mass is 9.99. The average Bonchev–Trinajstić information content (AvgIpc) is 1.80. The average molecular weight is 125 g/mol. The highest BCUT2D eigenvalue weighted by Crippen LogP contribution is 2.09. The van der Waals surface area contributed by atoms with Gasteiger partial charge in [-0.3, -0.25) is 4.99 Å². The van der Waals surface area contributed by atoms with Gasteiger partial charge in [-0.05, 0) is 6.42 Å². The Morgan fingerprint density at radius 3 is 3.00 bits per heavy atom. The van der Waals surface area contributed by atoms with Crippen molar-refractivity contribution in [2.24, 2.45) is 16.6 Å². The van der Waals surface area contributed by atoms with E-state index < -0.39 is 0 Å². The zero-order valence-electron chi connectivity index (χ0n) is 5.46. The fourth-order valence-corrected chi connectivity index (χ4v) is 0.853. The molecule has 0 aromatic rings. The number of nitrogens with zero attached hydrogens (tertiary/aromatic N) is 1. The topological polar surface area (TPSA) is 62.2 Å². The quantitative estimate of drug-likeness (QED) is 0.483. The molecule has 2 unspecified atom stereocenters. The summed E-state index contributed by atoms with van der Waals surface area (Å²) in [6.45, 7) is 1.99. The standard InChI is InChI=1S/C6H11N3/c1-4-2-6(8)9-3-5(4)7/h3-4,6-7H,2,8H2,1H3. The van der Waals surface area contributed by atoms with Crippen molar-refractivity contribution in [2.45, 2.75) is 19.5 Å². The molecule has 0 amide bonds. The molecule has 1 rings (SSSR count). The molecule has 3 heteroatoms. The summed E-state index contributed by atoms with van der Waals surface area (Å²) in [4.78, 5) is 3.89. The summed E-state index contributed by atoms with van der Waals surface area (Å²) < 4.78 is 0. The molecule has 0 radical (unpaired) electrons. The van der Waals surface area contributed by atoms with E-state index in [2.05, 4.69) is 4.99 Å². The first-order chi connectivity index (χ1) is 4.20. The van der Waals surface area contributed by atoms with E-state index in [1.54, 1.807) is 6.21 Å². The molecular formula is C6H11N3. The Bertz CT molecular complexity index is 150. The molecule has 0 aromatic carbocycles. The monoisotopic (exact) mass is 125 g/mol. The summed E-state index contributed by atoms with van der Waals surface area (Å²) in [5, 5.41) is 7.28. The first-order valence-corrected chi connectivity index (χ1v) is 3.07. The van der Waals surface area contributed by atoms with Gasteiger partial charge in [-0.25, -0.2) is 0 Å². The van der Waals surface area contributed by atoms with Gasteiger partial charge in [-0.15, -0.1) is 0 Å². The maximum absolute atomic E-state index is 7.28. The summed E-state index contributed by atoms with van der Waals surface area (Å²) in [5.74, 6) is 0.289. The van der Waals surface area contributed by atoms with E-state index in [4.69, 9.17) is 11.1 Å². The van der Waals surface area contributed by atoms with Crippen LogP contribution >= 0.6 is 0 Å². The van der Waals surface area contributed by atoms with E-state index in [-0.39, 0.29) is 12.1 Å². The van der Waals surface area contributed by atoms with Crippen molar-refractivity contribution < 1.29 is 0 Å². The molecule has 1 aliphatic heterocycles. The van der Waals surface area contributed by atoms with Gasteiger partial charge < -0.3 is 11.1 Å². The van der Waals surface area contributed by atoms with Crippen LogP contribution in [0.1, 0.15) is 13.3 Å². The minimum atomic E-state index is -0.0749. The van der Waals surface area contributed by atoms with Crippen molar-refractivity contribution in [1.29, 1.82) is 5.41 Å². The van der Waals surface area contributed by atoms with Crippen LogP contribution in [-0.2, 0) is 0 Å². The second kappa shape index (κ2) is 2.27. The summed E-state index contributed by atoms with van der Waals surface area (Å²) >= 11 is 0. The SMILES string of the molecule is CC1CC(N)N=CC1=N. The van der Waals surface area contributed by atoms with Crippen LogP contribution in [0.25, 0.3) is 0 Å². The first kappa shape index (κ1) is 6.42. The predicted octanol–water partition coefficient (Wildman–Crippen LogP) is 0.402. The number of aliphatic imine (C=N–C) groups is 1. The molecule has 1 heterocycles. The van der Waals surface area contributed by atoms with Crippen LogP contribution < -0.4 is 5.73 Å². The van der Waals surface area contributed by atoms with Crippen molar-refractivity contribution in [1.82, 2.24) is 0 Å². The van der Waals surface area contributed by atoms with Gasteiger partial charge in [0.2, 0.25) is 0 Å². The number of nitrogens with two attached hydrogens (primary N) is 1. The Kier molecular flexibility index (Phi) is 1.62. The third kappa shape index (κ3) is 1.36. The summed E-state index contributed by atoms with van der Waals surface area (Å²) in [7, 11) is 0. The molecule has 0 fully saturated rings. The molecule has 0 spiro atoms. The summed E-state index contributed by atoms with van der Waals surface area (Å²) in [6.07, 6.45) is 2.29. The Morgan fingerprint density at radius 2 is 2.56 bits per heavy atom. The first-order valence-electron chi connectivity index (χ1n) is 3.07. The molecule has 0 saturated carbocycles. The second-order valence-corrected chi connectivity index (χ2v) is 2.44. The molecule has 3 nitrogen and oxygen atoms in total. The maximum Gasteiger partial charge on any atom is 0.0976 e. The molecule has 0 aromatic heterocycles. The third-order valence-electron chi connectivity index (χ3n) is 1.53. The summed E-state index contributed by atoms with van der Waals surface area (Å²) in [5.41, 5.74) is 6.09. The maximum atomic E-state index is 7.28. The van der Waals surface area contributed by atoms with Crippen molar-refractivity contribution in [3.63, 3.8) is 0 Å². The molecule has 50 valence electrons. The van der Waals surface area contributed by atoms with Crippen LogP contribution in [0.3, 0.4) is 0 Å². The lowest BCUT2D eigenvalue weighted by Gasteiger charge is -2.17. The number of rotatable bonds is 0. The van der Waals surface area contributed by atoms with Gasteiger partial charge in [0.1, 0.15) is 0 Å². The zero-order chi connectivity index (χ0) is 6.85. The minimum Gasteiger partial charge on any atom is -0.310 e. The number of nitrogens with one attached hydrogen (secondary N) is 1. The number of hydrogen-bond acceptors (Lipinski definition) is 3. The molecule has 3 N–H and O–H groups in total. The highest BCUT2D eigenvalue weighted by Gasteiger charge is 2.15. The van der Waals surface area contributed by atoms with Gasteiger partial charge >= 0.3 is 0 Å².